The van der Waals surface area contributed by atoms with Crippen molar-refractivity contribution in [1.82, 2.24) is 102 Å². The van der Waals surface area contributed by atoms with Crippen molar-refractivity contribution in [3.63, 3.8) is 0 Å². The largest absolute Gasteiger partial charge is 0.397 e. The molecule has 12 aromatic heterocycles. The van der Waals surface area contributed by atoms with E-state index in [0.29, 0.717) is 44.9 Å². The minimum absolute atomic E-state index is 0.00190. The lowest BCUT2D eigenvalue weighted by Crippen LogP contribution is -2.45. The molecule has 72 heteroatoms. The van der Waals surface area contributed by atoms with Gasteiger partial charge in [0.15, 0.2) is 94.0 Å². The molecule has 734 valence electrons. The number of nitrogens with one attached hydrogen (secondary N) is 3. The van der Waals surface area contributed by atoms with Crippen LogP contribution in [-0.2, 0) is 156 Å². The molecule has 0 radical (unpaired) electrons. The summed E-state index contributed by atoms with van der Waals surface area (Å²) in [5.41, 5.74) is 33.5. The summed E-state index contributed by atoms with van der Waals surface area (Å²) in [5.74, 6) is -0.626. The molecule has 10 bridgehead atoms. The smallest absolute Gasteiger partial charge is 0.386 e. The standard InChI is InChI=1S/2C22H25N9O11P2S2.C21H24FN9O10P2S2/c2*23-8-1-2-25-16-10(8)26-6-30(16)20-14-15-22(40-20,4-36-14)5-38-44(35,46)41-13-12(32)9(3-37-43(34,45)42-15)39-19(13)31-7-27-11-17(31)28-21(24)29-18(11)33;22-10-14-9(39-19(10)30-5-26-11-7(23)1-2-25-16(11)30)4-37-43(35,45)41-15-13(32)8(3-36-42(34,44)40-14)38-20(15)31-6-27-12-17(31)28-21(24)29-18(12)33/h2*1-2,6-7,9,12-15,19-20,32H,3-5H2,(H2,23,25)(H,34,45)(H,35,46)(H3,24,28,29,33);1-2,5-6,8-10,13-15,19-20,32H,3-4H2,(H2,23,25)(H,34,44)(H,35,45)(H3,24,28,29,33)/t2*9-,12+,13?,14?,15-,19-,20-,22-,43?,44?;8-,9-,10?,13+,14+,15?,19-,20-,42?,43?/m111/s1. The van der Waals surface area contributed by atoms with Gasteiger partial charge in [-0.15, -0.1) is 0 Å². The number of hydrogen-bond acceptors (Lipinski definition) is 50. The molecule has 0 saturated carbocycles. The summed E-state index contributed by atoms with van der Waals surface area (Å²) in [6, 6.07) is 4.74. The Labute approximate surface area is 791 Å². The number of hydrogen-bond donors (Lipinski definition) is 18. The maximum Gasteiger partial charge on any atom is 0.386 e. The molecular weight excluding hydrogens is 2070 g/mol. The number of aliphatic hydroxyl groups excluding tert-OH is 3. The maximum atomic E-state index is 16.0. The highest BCUT2D eigenvalue weighted by atomic mass is 32.7. The van der Waals surface area contributed by atoms with Crippen molar-refractivity contribution in [3.05, 3.63) is 106 Å². The number of thiol groups is 1. The highest BCUT2D eigenvalue weighted by Gasteiger charge is 2.68. The van der Waals surface area contributed by atoms with E-state index in [0.717, 1.165) is 0 Å². The SMILES string of the molecule is Nc1nc2c(ncn2[C@@H]2O[C@@H]3COP(=O)(S)O[C@@H]4C(F)[C@H](n5cnc6c(N)ccnc65)O[C@@H]4COP(O)(=S)OC2[C@H]3O)c(=O)[nH]1.Nc1nc2c(ncn2[C@@H]2O[C@@H]3COP(O)(=S)O[C@@H]4C5OC[C@]4(COP(O)(=S)OC2[C@H]3O)O[C@H]5n2cnc3c(N)ccnc32)c(=O)[nH]1.Nc1nc2c(ncn2[C@@H]2O[C@@H]3COP(O)(=S)O[C@@H]4C5OC[C@]4(COP(O)(=S)OC2[C@H]3O)O[C@H]5n2cnc3c(N)ccnc32)c(=O)[nH]1. The maximum absolute atomic E-state index is 16.0. The van der Waals surface area contributed by atoms with Crippen molar-refractivity contribution in [2.24, 2.45) is 0 Å². The zero-order chi connectivity index (χ0) is 96.2. The molecule has 11 aliphatic rings. The third-order valence-corrected chi connectivity index (χ3v) is 33.0. The van der Waals surface area contributed by atoms with Crippen LogP contribution in [0.5, 0.6) is 0 Å². The Morgan fingerprint density at radius 2 is 0.679 bits per heavy atom. The van der Waals surface area contributed by atoms with Crippen LogP contribution in [0.2, 0.25) is 0 Å². The number of rotatable bonds is 6. The van der Waals surface area contributed by atoms with Crippen LogP contribution in [0.15, 0.2) is 89.1 Å². The van der Waals surface area contributed by atoms with Crippen LogP contribution in [-0.4, -0.2) is 304 Å². The topological polar surface area (TPSA) is 802 Å². The average molecular weight is 2140 g/mol. The Morgan fingerprint density at radius 3 is 1.04 bits per heavy atom. The van der Waals surface area contributed by atoms with Gasteiger partial charge in [-0.05, 0) is 77.2 Å². The van der Waals surface area contributed by atoms with Crippen molar-refractivity contribution in [2.45, 2.75) is 146 Å². The van der Waals surface area contributed by atoms with Gasteiger partial charge in [-0.1, -0.05) is 12.2 Å². The molecule has 59 nitrogen and oxygen atoms in total. The van der Waals surface area contributed by atoms with E-state index in [1.54, 1.807) is 21.3 Å². The van der Waals surface area contributed by atoms with E-state index < -0.39 is 243 Å². The number of aromatic amines is 3. The van der Waals surface area contributed by atoms with E-state index in [1.165, 1.54) is 80.9 Å². The van der Waals surface area contributed by atoms with Gasteiger partial charge < -0.3 is 135 Å². The van der Waals surface area contributed by atoms with Gasteiger partial charge in [0.05, 0.1) is 108 Å². The number of aromatic nitrogens is 21. The minimum atomic E-state index is -4.39. The van der Waals surface area contributed by atoms with Gasteiger partial charge in [0, 0.05) is 18.6 Å². The van der Waals surface area contributed by atoms with Gasteiger partial charge in [-0.3, -0.25) is 88.4 Å². The molecule has 23 heterocycles. The van der Waals surface area contributed by atoms with E-state index in [2.05, 4.69) is 87.0 Å². The van der Waals surface area contributed by atoms with Gasteiger partial charge in [-0.2, -0.15) is 15.0 Å². The van der Waals surface area contributed by atoms with Crippen molar-refractivity contribution >= 4 is 214 Å². The molecule has 0 spiro atoms. The Kier molecular flexibility index (Phi) is 24.7. The average Bonchev–Trinajstić information content (AvgIpc) is 1.56. The highest BCUT2D eigenvalue weighted by Crippen LogP contribution is 2.63. The van der Waals surface area contributed by atoms with Gasteiger partial charge in [0.1, 0.15) is 119 Å². The number of anilines is 6. The van der Waals surface area contributed by atoms with E-state index in [1.807, 2.05) is 0 Å². The zero-order valence-corrected chi connectivity index (χ0v) is 79.1. The third-order valence-electron chi connectivity index (χ3n) is 23.7. The van der Waals surface area contributed by atoms with E-state index >= 15 is 4.39 Å². The predicted molar refractivity (Wildman–Crippen MR) is 481 cm³/mol. The Bertz CT molecular complexity index is 7060. The van der Waals surface area contributed by atoms with Gasteiger partial charge in [0.2, 0.25) is 17.8 Å². The van der Waals surface area contributed by atoms with Crippen LogP contribution in [0.1, 0.15) is 37.4 Å². The molecule has 11 saturated heterocycles. The van der Waals surface area contributed by atoms with Crippen LogP contribution in [0.4, 0.5) is 39.3 Å². The molecule has 11 fully saturated rings. The fourth-order valence-corrected chi connectivity index (χ4v) is 26.1. The molecule has 0 aromatic carbocycles. The first-order valence-corrected chi connectivity index (χ1v) is 55.9. The van der Waals surface area contributed by atoms with E-state index in [-0.39, 0.29) is 70.2 Å². The second-order valence-corrected chi connectivity index (χ2v) is 49.1. The normalized spacial score (nSPS) is 39.0. The summed E-state index contributed by atoms with van der Waals surface area (Å²) in [4.78, 5) is 150. The Morgan fingerprint density at radius 1 is 0.380 bits per heavy atom. The number of pyridine rings is 3. The number of nitrogen functional groups attached to an aromatic ring is 6. The van der Waals surface area contributed by atoms with E-state index in [9.17, 15) is 58.7 Å². The number of imidazole rings is 6. The van der Waals surface area contributed by atoms with Crippen LogP contribution >= 0.6 is 52.6 Å². The van der Waals surface area contributed by atoms with Crippen molar-refractivity contribution in [3.8, 4) is 0 Å². The summed E-state index contributed by atoms with van der Waals surface area (Å²) >= 11 is 30.7. The number of nitrogens with two attached hydrogens (primary N) is 6. The molecular formula is C65H74FN27O32P6S6. The lowest BCUT2D eigenvalue weighted by Gasteiger charge is -2.33. The first-order chi connectivity index (χ1) is 65.0. The highest BCUT2D eigenvalue weighted by molar-refractivity contribution is 8.44. The molecule has 12 aromatic rings. The van der Waals surface area contributed by atoms with Crippen LogP contribution in [0.3, 0.4) is 0 Å². The second-order valence-electron chi connectivity index (χ2n) is 32.2. The summed E-state index contributed by atoms with van der Waals surface area (Å²) < 4.78 is 155. The monoisotopic (exact) mass is 2140 g/mol. The molecule has 0 aliphatic carbocycles. The number of aliphatic hydroxyl groups is 3. The lowest BCUT2D eigenvalue weighted by molar-refractivity contribution is -0.183. The zero-order valence-electron chi connectivity index (χ0n) is 68.7. The third kappa shape index (κ3) is 17.5. The minimum Gasteiger partial charge on any atom is -0.397 e. The molecule has 12 unspecified atom stereocenters. The van der Waals surface area contributed by atoms with Gasteiger partial charge in [-0.25, -0.2) is 53.8 Å². The van der Waals surface area contributed by atoms with Gasteiger partial charge >= 0.3 is 40.4 Å². The van der Waals surface area contributed by atoms with Crippen LogP contribution in [0, 0.1) is 0 Å². The number of ether oxygens (including phenoxy) is 8. The van der Waals surface area contributed by atoms with Gasteiger partial charge in [0.25, 0.3) is 16.7 Å². The fourth-order valence-electron chi connectivity index (χ4n) is 17.5. The number of alkyl halides is 1. The number of H-pyrrole nitrogens is 3. The molecule has 11 aliphatic heterocycles. The summed E-state index contributed by atoms with van der Waals surface area (Å²) in [7, 11) is 0. The summed E-state index contributed by atoms with van der Waals surface area (Å²) in [6.07, 6.45) is -16.2. The summed E-state index contributed by atoms with van der Waals surface area (Å²) in [6.45, 7) is -28.6. The molecule has 23 N–H and O–H groups in total. The number of fused-ring (bicyclic) bond motifs is 13. The number of nitrogens with zero attached hydrogens (tertiary/aromatic N) is 18. The first kappa shape index (κ1) is 95.5. The molecule has 0 amide bonds. The fraction of sp³-hybridized carbons (Fsp3) is 0.492. The molecule has 30 atom stereocenters. The Balaban J connectivity index is 0.000000123. The van der Waals surface area contributed by atoms with E-state index in [4.69, 9.17) is 186 Å². The number of halogens is 1. The van der Waals surface area contributed by atoms with Crippen molar-refractivity contribution in [2.75, 3.05) is 87.3 Å². The second kappa shape index (κ2) is 35.4. The molecule has 23 rings (SSSR count). The van der Waals surface area contributed by atoms with Crippen molar-refractivity contribution < 1.29 is 141 Å². The summed E-state index contributed by atoms with van der Waals surface area (Å²) in [5, 5.41) is 33.6. The van der Waals surface area contributed by atoms with Crippen LogP contribution in [0.25, 0.3) is 67.0 Å². The first-order valence-electron chi connectivity index (χ1n) is 40.2. The predicted octanol–water partition coefficient (Wildman–Crippen LogP) is -1.90. The Hall–Kier alpha value is -7.65. The quantitative estimate of drug-likeness (QED) is 0.0639. The lowest BCUT2D eigenvalue weighted by atomic mass is 10.0. The van der Waals surface area contributed by atoms with Crippen molar-refractivity contribution in [1.29, 1.82) is 0 Å². The molecule has 137 heavy (non-hydrogen) atoms. The van der Waals surface area contributed by atoms with Crippen LogP contribution < -0.4 is 51.1 Å².